The number of fused-ring (bicyclic) bond motifs is 2. The Hall–Kier alpha value is -2.62. The van der Waals surface area contributed by atoms with Crippen LogP contribution in [0.5, 0.6) is 0 Å². The lowest BCUT2D eigenvalue weighted by atomic mass is 9.97. The Balaban J connectivity index is 0.00000225. The van der Waals surface area contributed by atoms with Crippen LogP contribution < -0.4 is 0 Å². The van der Waals surface area contributed by atoms with E-state index in [2.05, 4.69) is 17.6 Å². The first-order valence-corrected chi connectivity index (χ1v) is 9.87. The highest BCUT2D eigenvalue weighted by atomic mass is 35.5. The lowest BCUT2D eigenvalue weighted by Gasteiger charge is -2.06. The van der Waals surface area contributed by atoms with Crippen LogP contribution in [-0.4, -0.2) is 15.8 Å². The fourth-order valence-corrected chi connectivity index (χ4v) is 3.98. The van der Waals surface area contributed by atoms with Gasteiger partial charge >= 0.3 is 0 Å². The third-order valence-corrected chi connectivity index (χ3v) is 5.33. The molecule has 4 rings (SSSR count). The van der Waals surface area contributed by atoms with Crippen LogP contribution in [0, 0.1) is 0 Å². The Morgan fingerprint density at radius 1 is 0.929 bits per heavy atom. The summed E-state index contributed by atoms with van der Waals surface area (Å²) >= 11 is 6.31. The SMILES string of the molecule is CCCCCn1cc(C(=O)c2cc(Cl)cc3ccccc23)c2ccccc21.O. The maximum absolute atomic E-state index is 13.5. The molecular weight excluding hydrogens is 370 g/mol. The molecule has 0 bridgehead atoms. The normalized spacial score (nSPS) is 10.9. The number of unbranched alkanes of at least 4 members (excludes halogenated alkanes) is 2. The predicted molar refractivity (Wildman–Crippen MR) is 117 cm³/mol. The van der Waals surface area contributed by atoms with Crippen LogP contribution in [0.15, 0.2) is 66.9 Å². The summed E-state index contributed by atoms with van der Waals surface area (Å²) in [7, 11) is 0. The number of benzene rings is 3. The first kappa shape index (κ1) is 20.1. The highest BCUT2D eigenvalue weighted by molar-refractivity contribution is 6.33. The minimum absolute atomic E-state index is 0. The molecule has 0 spiro atoms. The van der Waals surface area contributed by atoms with E-state index in [1.165, 1.54) is 12.8 Å². The van der Waals surface area contributed by atoms with Crippen molar-refractivity contribution in [2.24, 2.45) is 0 Å². The molecule has 4 heteroatoms. The zero-order valence-electron chi connectivity index (χ0n) is 15.9. The van der Waals surface area contributed by atoms with Gasteiger partial charge in [0.25, 0.3) is 0 Å². The molecule has 28 heavy (non-hydrogen) atoms. The average molecular weight is 394 g/mol. The largest absolute Gasteiger partial charge is 0.412 e. The zero-order valence-corrected chi connectivity index (χ0v) is 16.7. The van der Waals surface area contributed by atoms with E-state index in [9.17, 15) is 4.79 Å². The highest BCUT2D eigenvalue weighted by Gasteiger charge is 2.19. The van der Waals surface area contributed by atoms with E-state index in [1.807, 2.05) is 54.7 Å². The summed E-state index contributed by atoms with van der Waals surface area (Å²) < 4.78 is 2.21. The fourth-order valence-electron chi connectivity index (χ4n) is 3.75. The van der Waals surface area contributed by atoms with Gasteiger partial charge in [0.05, 0.1) is 0 Å². The summed E-state index contributed by atoms with van der Waals surface area (Å²) in [4.78, 5) is 13.5. The second-order valence-corrected chi connectivity index (χ2v) is 7.40. The second-order valence-electron chi connectivity index (χ2n) is 6.96. The number of hydrogen-bond donors (Lipinski definition) is 0. The number of halogens is 1. The van der Waals surface area contributed by atoms with Gasteiger partial charge in [0.15, 0.2) is 5.78 Å². The lowest BCUT2D eigenvalue weighted by molar-refractivity contribution is 0.104. The van der Waals surface area contributed by atoms with Crippen molar-refractivity contribution in [1.82, 2.24) is 4.57 Å². The van der Waals surface area contributed by atoms with Crippen LogP contribution in [0.4, 0.5) is 0 Å². The summed E-state index contributed by atoms with van der Waals surface area (Å²) in [5.41, 5.74) is 2.52. The molecule has 0 fully saturated rings. The number of para-hydroxylation sites is 1. The topological polar surface area (TPSA) is 53.5 Å². The molecule has 0 saturated heterocycles. The summed E-state index contributed by atoms with van der Waals surface area (Å²) in [5, 5.41) is 3.52. The Labute approximate surface area is 169 Å². The molecule has 0 aliphatic rings. The van der Waals surface area contributed by atoms with Crippen LogP contribution in [-0.2, 0) is 6.54 Å². The number of rotatable bonds is 6. The highest BCUT2D eigenvalue weighted by Crippen LogP contribution is 2.29. The molecule has 3 aromatic carbocycles. The number of carbonyl (C=O) groups excluding carboxylic acids is 1. The van der Waals surface area contributed by atoms with Crippen LogP contribution >= 0.6 is 11.6 Å². The monoisotopic (exact) mass is 393 g/mol. The standard InChI is InChI=1S/C24H22ClNO.H2O/c1-2-3-8-13-26-16-22(20-11-6-7-12-23(20)26)24(27)21-15-18(25)14-17-9-4-5-10-19(17)21;/h4-7,9-12,14-16H,2-3,8,13H2,1H3;1H2. The Morgan fingerprint density at radius 2 is 1.64 bits per heavy atom. The van der Waals surface area contributed by atoms with E-state index >= 15 is 0 Å². The molecule has 144 valence electrons. The molecule has 1 heterocycles. The molecule has 0 unspecified atom stereocenters. The minimum Gasteiger partial charge on any atom is -0.412 e. The van der Waals surface area contributed by atoms with Crippen LogP contribution in [0.3, 0.4) is 0 Å². The molecule has 0 aliphatic carbocycles. The van der Waals surface area contributed by atoms with E-state index in [-0.39, 0.29) is 11.3 Å². The van der Waals surface area contributed by atoms with Gasteiger partial charge in [-0.2, -0.15) is 0 Å². The number of aryl methyl sites for hydroxylation is 1. The van der Waals surface area contributed by atoms with Gasteiger partial charge in [-0.3, -0.25) is 4.79 Å². The van der Waals surface area contributed by atoms with Crippen molar-refractivity contribution in [2.75, 3.05) is 0 Å². The van der Waals surface area contributed by atoms with Gasteiger partial charge < -0.3 is 10.0 Å². The van der Waals surface area contributed by atoms with Crippen molar-refractivity contribution in [2.45, 2.75) is 32.7 Å². The molecule has 0 radical (unpaired) electrons. The second kappa shape index (κ2) is 8.59. The number of nitrogens with zero attached hydrogens (tertiary/aromatic N) is 1. The zero-order chi connectivity index (χ0) is 18.8. The third kappa shape index (κ3) is 3.68. The van der Waals surface area contributed by atoms with Crippen LogP contribution in [0.1, 0.15) is 42.1 Å². The lowest BCUT2D eigenvalue weighted by Crippen LogP contribution is -2.02. The van der Waals surface area contributed by atoms with Crippen molar-refractivity contribution in [3.05, 3.63) is 83.0 Å². The van der Waals surface area contributed by atoms with Gasteiger partial charge in [-0.15, -0.1) is 0 Å². The smallest absolute Gasteiger partial charge is 0.195 e. The van der Waals surface area contributed by atoms with Gasteiger partial charge in [0.1, 0.15) is 0 Å². The minimum atomic E-state index is 0. The maximum atomic E-state index is 13.5. The number of ketones is 1. The summed E-state index contributed by atoms with van der Waals surface area (Å²) in [6, 6.07) is 19.7. The summed E-state index contributed by atoms with van der Waals surface area (Å²) in [6.07, 6.45) is 5.50. The van der Waals surface area contributed by atoms with Gasteiger partial charge in [0.2, 0.25) is 0 Å². The van der Waals surface area contributed by atoms with Gasteiger partial charge in [-0.05, 0) is 35.4 Å². The summed E-state index contributed by atoms with van der Waals surface area (Å²) in [5.74, 6) is 0.0270. The molecule has 0 aliphatic heterocycles. The Morgan fingerprint density at radius 3 is 2.43 bits per heavy atom. The number of carbonyl (C=O) groups is 1. The van der Waals surface area contributed by atoms with Crippen LogP contribution in [0.25, 0.3) is 21.7 Å². The summed E-state index contributed by atoms with van der Waals surface area (Å²) in [6.45, 7) is 3.13. The third-order valence-electron chi connectivity index (χ3n) is 5.11. The quantitative estimate of drug-likeness (QED) is 0.291. The first-order valence-electron chi connectivity index (χ1n) is 9.50. The van der Waals surface area contributed by atoms with Crippen molar-refractivity contribution in [3.63, 3.8) is 0 Å². The van der Waals surface area contributed by atoms with Gasteiger partial charge in [-0.25, -0.2) is 0 Å². The molecular formula is C24H24ClNO2. The van der Waals surface area contributed by atoms with Crippen molar-refractivity contribution in [1.29, 1.82) is 0 Å². The molecule has 4 aromatic rings. The van der Waals surface area contributed by atoms with Crippen molar-refractivity contribution < 1.29 is 10.3 Å². The molecule has 0 saturated carbocycles. The van der Waals surface area contributed by atoms with Gasteiger partial charge in [0, 0.05) is 39.8 Å². The number of hydrogen-bond acceptors (Lipinski definition) is 1. The first-order chi connectivity index (χ1) is 13.2. The average Bonchev–Trinajstić information content (AvgIpc) is 3.06. The predicted octanol–water partition coefficient (Wildman–Crippen LogP) is 6.04. The van der Waals surface area contributed by atoms with Crippen molar-refractivity contribution >= 4 is 39.1 Å². The van der Waals surface area contributed by atoms with Crippen molar-refractivity contribution in [3.8, 4) is 0 Å². The molecule has 2 N–H and O–H groups in total. The van der Waals surface area contributed by atoms with E-state index in [1.54, 1.807) is 6.07 Å². The Kier molecular flexibility index (Phi) is 6.18. The number of aromatic nitrogens is 1. The van der Waals surface area contributed by atoms with E-state index in [0.29, 0.717) is 10.6 Å². The molecule has 1 aromatic heterocycles. The molecule has 0 atom stereocenters. The maximum Gasteiger partial charge on any atom is 0.195 e. The molecule has 0 amide bonds. The Bertz CT molecular complexity index is 1130. The van der Waals surface area contributed by atoms with E-state index in [0.717, 1.165) is 40.2 Å². The molecule has 3 nitrogen and oxygen atoms in total. The van der Waals surface area contributed by atoms with Gasteiger partial charge in [-0.1, -0.05) is 73.8 Å². The van der Waals surface area contributed by atoms with E-state index in [4.69, 9.17) is 11.6 Å². The fraction of sp³-hybridized carbons (Fsp3) is 0.208. The van der Waals surface area contributed by atoms with Crippen LogP contribution in [0.2, 0.25) is 5.02 Å². The van der Waals surface area contributed by atoms with E-state index < -0.39 is 0 Å².